The van der Waals surface area contributed by atoms with Crippen molar-refractivity contribution in [2.24, 2.45) is 5.41 Å². The van der Waals surface area contributed by atoms with E-state index in [2.05, 4.69) is 39.9 Å². The highest BCUT2D eigenvalue weighted by Crippen LogP contribution is 2.21. The summed E-state index contributed by atoms with van der Waals surface area (Å²) in [4.78, 5) is 14.2. The van der Waals surface area contributed by atoms with E-state index in [0.29, 0.717) is 31.8 Å². The van der Waals surface area contributed by atoms with Crippen molar-refractivity contribution in [3.8, 4) is 0 Å². The molecule has 5 heteroatoms. The van der Waals surface area contributed by atoms with E-state index in [1.54, 1.807) is 0 Å². The van der Waals surface area contributed by atoms with Crippen LogP contribution < -0.4 is 5.32 Å². The fourth-order valence-corrected chi connectivity index (χ4v) is 2.56. The van der Waals surface area contributed by atoms with Crippen molar-refractivity contribution in [3.05, 3.63) is 0 Å². The van der Waals surface area contributed by atoms with Crippen molar-refractivity contribution in [2.75, 3.05) is 19.8 Å². The molecule has 0 aromatic heterocycles. The van der Waals surface area contributed by atoms with E-state index in [1.807, 2.05) is 25.7 Å². The average molecular weight is 328 g/mol. The van der Waals surface area contributed by atoms with Gasteiger partial charge in [-0.2, -0.15) is 0 Å². The number of amides is 1. The van der Waals surface area contributed by atoms with Crippen LogP contribution in [0, 0.1) is 5.41 Å². The zero-order chi connectivity index (χ0) is 17.8. The first-order valence-corrected chi connectivity index (χ1v) is 8.73. The quantitative estimate of drug-likeness (QED) is 0.859. The molecule has 3 unspecified atom stereocenters. The molecule has 1 rings (SSSR count). The zero-order valence-electron chi connectivity index (χ0n) is 16.2. The van der Waals surface area contributed by atoms with Crippen molar-refractivity contribution in [3.63, 3.8) is 0 Å². The van der Waals surface area contributed by atoms with Gasteiger partial charge in [0.1, 0.15) is 5.60 Å². The van der Waals surface area contributed by atoms with Gasteiger partial charge in [0.15, 0.2) is 0 Å². The molecule has 1 N–H and O–H groups in total. The molecule has 0 bridgehead atoms. The monoisotopic (exact) mass is 328 g/mol. The minimum absolute atomic E-state index is 0.0632. The number of carbonyl (C=O) groups excluding carboxylic acids is 1. The molecule has 3 atom stereocenters. The number of hydrogen-bond acceptors (Lipinski definition) is 4. The van der Waals surface area contributed by atoms with E-state index in [-0.39, 0.29) is 17.6 Å². The van der Waals surface area contributed by atoms with Gasteiger partial charge in [-0.25, -0.2) is 4.79 Å². The van der Waals surface area contributed by atoms with Crippen molar-refractivity contribution in [1.82, 2.24) is 10.2 Å². The van der Waals surface area contributed by atoms with Crippen LogP contribution in [0.15, 0.2) is 0 Å². The zero-order valence-corrected chi connectivity index (χ0v) is 16.2. The second-order valence-electron chi connectivity index (χ2n) is 8.79. The molecule has 1 aliphatic heterocycles. The maximum Gasteiger partial charge on any atom is 0.410 e. The van der Waals surface area contributed by atoms with Gasteiger partial charge >= 0.3 is 6.09 Å². The summed E-state index contributed by atoms with van der Waals surface area (Å²) >= 11 is 0. The lowest BCUT2D eigenvalue weighted by molar-refractivity contribution is -0.0359. The third-order valence-corrected chi connectivity index (χ3v) is 4.31. The maximum absolute atomic E-state index is 12.4. The Morgan fingerprint density at radius 1 is 1.26 bits per heavy atom. The molecule has 0 aromatic rings. The van der Waals surface area contributed by atoms with Crippen LogP contribution in [0.3, 0.4) is 0 Å². The molecule has 1 heterocycles. The first-order chi connectivity index (χ1) is 10.4. The van der Waals surface area contributed by atoms with Gasteiger partial charge in [0.25, 0.3) is 0 Å². The highest BCUT2D eigenvalue weighted by atomic mass is 16.6. The van der Waals surface area contributed by atoms with Gasteiger partial charge < -0.3 is 19.7 Å². The van der Waals surface area contributed by atoms with Crippen molar-refractivity contribution < 1.29 is 14.3 Å². The lowest BCUT2D eigenvalue weighted by atomic mass is 9.87. The Kier molecular flexibility index (Phi) is 6.90. The van der Waals surface area contributed by atoms with Crippen LogP contribution in [0.25, 0.3) is 0 Å². The van der Waals surface area contributed by atoms with Crippen molar-refractivity contribution in [1.29, 1.82) is 0 Å². The third-order valence-electron chi connectivity index (χ3n) is 4.31. The van der Waals surface area contributed by atoms with Gasteiger partial charge in [0.05, 0.1) is 19.3 Å². The Labute approximate surface area is 142 Å². The Bertz CT molecular complexity index is 385. The molecule has 136 valence electrons. The molecule has 1 fully saturated rings. The molecule has 0 aliphatic carbocycles. The Hall–Kier alpha value is -0.810. The lowest BCUT2D eigenvalue weighted by Crippen LogP contribution is -2.53. The van der Waals surface area contributed by atoms with Gasteiger partial charge in [-0.1, -0.05) is 20.8 Å². The lowest BCUT2D eigenvalue weighted by Gasteiger charge is -2.39. The molecule has 1 aliphatic rings. The number of nitrogens with one attached hydrogen (secondary N) is 1. The largest absolute Gasteiger partial charge is 0.444 e. The van der Waals surface area contributed by atoms with Gasteiger partial charge in [0.2, 0.25) is 0 Å². The van der Waals surface area contributed by atoms with Crippen LogP contribution in [0.1, 0.15) is 61.8 Å². The van der Waals surface area contributed by atoms with Crippen LogP contribution in [-0.2, 0) is 9.47 Å². The molecular weight excluding hydrogens is 292 g/mol. The smallest absolute Gasteiger partial charge is 0.410 e. The summed E-state index contributed by atoms with van der Waals surface area (Å²) in [6.07, 6.45) is 0.626. The summed E-state index contributed by atoms with van der Waals surface area (Å²) in [7, 11) is 0. The van der Waals surface area contributed by atoms with Crippen LogP contribution in [0.4, 0.5) is 4.79 Å². The second kappa shape index (κ2) is 7.84. The van der Waals surface area contributed by atoms with Crippen LogP contribution in [-0.4, -0.2) is 54.5 Å². The van der Waals surface area contributed by atoms with Gasteiger partial charge in [-0.15, -0.1) is 0 Å². The van der Waals surface area contributed by atoms with Crippen LogP contribution in [0.2, 0.25) is 0 Å². The van der Waals surface area contributed by atoms with E-state index in [0.717, 1.165) is 6.42 Å². The minimum Gasteiger partial charge on any atom is -0.444 e. The maximum atomic E-state index is 12.4. The molecule has 5 nitrogen and oxygen atoms in total. The van der Waals surface area contributed by atoms with E-state index < -0.39 is 5.60 Å². The number of ether oxygens (including phenoxy) is 2. The van der Waals surface area contributed by atoms with E-state index in [4.69, 9.17) is 9.47 Å². The first-order valence-electron chi connectivity index (χ1n) is 8.73. The van der Waals surface area contributed by atoms with Gasteiger partial charge in [0, 0.05) is 18.6 Å². The fraction of sp³-hybridized carbons (Fsp3) is 0.944. The van der Waals surface area contributed by atoms with E-state index >= 15 is 0 Å². The summed E-state index contributed by atoms with van der Waals surface area (Å²) in [6.45, 7) is 18.5. The minimum atomic E-state index is -0.468. The Balaban J connectivity index is 2.62. The molecular formula is C18H36N2O3. The third kappa shape index (κ3) is 7.08. The Morgan fingerprint density at radius 3 is 2.39 bits per heavy atom. The summed E-state index contributed by atoms with van der Waals surface area (Å²) in [5.41, 5.74) is -0.257. The normalized spacial score (nSPS) is 22.6. The highest BCUT2D eigenvalue weighted by Gasteiger charge is 2.32. The molecule has 1 amide bonds. The summed E-state index contributed by atoms with van der Waals surface area (Å²) in [5.74, 6) is 0. The van der Waals surface area contributed by atoms with Gasteiger partial charge in [-0.3, -0.25) is 0 Å². The van der Waals surface area contributed by atoms with Crippen molar-refractivity contribution in [2.45, 2.75) is 85.5 Å². The summed E-state index contributed by atoms with van der Waals surface area (Å²) < 4.78 is 11.1. The predicted octanol–water partition coefficient (Wildman–Crippen LogP) is 3.43. The molecule has 0 aromatic carbocycles. The number of carbonyl (C=O) groups is 1. The van der Waals surface area contributed by atoms with Gasteiger partial charge in [-0.05, 0) is 46.5 Å². The van der Waals surface area contributed by atoms with Crippen LogP contribution >= 0.6 is 0 Å². The Morgan fingerprint density at radius 2 is 1.87 bits per heavy atom. The number of hydrogen-bond donors (Lipinski definition) is 1. The van der Waals surface area contributed by atoms with Crippen molar-refractivity contribution >= 4 is 6.09 Å². The summed E-state index contributed by atoms with van der Waals surface area (Å²) in [6, 6.07) is 0.770. The SMILES string of the molecule is CC(CC1COCCN1C(=O)OC(C)(C)C)NC(C)C(C)(C)C. The van der Waals surface area contributed by atoms with E-state index in [1.165, 1.54) is 0 Å². The molecule has 0 radical (unpaired) electrons. The van der Waals surface area contributed by atoms with E-state index in [9.17, 15) is 4.79 Å². The predicted molar refractivity (Wildman–Crippen MR) is 93.7 cm³/mol. The standard InChI is InChI=1S/C18H36N2O3/c1-13(19-14(2)17(3,4)5)11-15-12-22-10-9-20(15)16(21)23-18(6,7)8/h13-15,19H,9-12H2,1-8H3. The average Bonchev–Trinajstić information content (AvgIpc) is 2.35. The first kappa shape index (κ1) is 20.2. The fourth-order valence-electron chi connectivity index (χ4n) is 2.56. The molecule has 0 spiro atoms. The molecule has 0 saturated carbocycles. The molecule has 1 saturated heterocycles. The number of morpholine rings is 1. The number of nitrogens with zero attached hydrogens (tertiary/aromatic N) is 1. The molecule has 23 heavy (non-hydrogen) atoms. The summed E-state index contributed by atoms with van der Waals surface area (Å²) in [5, 5.41) is 3.64. The highest BCUT2D eigenvalue weighted by molar-refractivity contribution is 5.68. The number of rotatable bonds is 4. The second-order valence-corrected chi connectivity index (χ2v) is 8.79. The van der Waals surface area contributed by atoms with Crippen LogP contribution in [0.5, 0.6) is 0 Å². The topological polar surface area (TPSA) is 50.8 Å².